The number of fused-ring (bicyclic) bond motifs is 1. The number of aryl methyl sites for hydroxylation is 1. The van der Waals surface area contributed by atoms with Crippen LogP contribution in [0.15, 0.2) is 30.3 Å². The van der Waals surface area contributed by atoms with Crippen LogP contribution in [0.3, 0.4) is 0 Å². The average Bonchev–Trinajstić information content (AvgIpc) is 3.20. The van der Waals surface area contributed by atoms with E-state index in [0.29, 0.717) is 12.4 Å². The highest BCUT2D eigenvalue weighted by Gasteiger charge is 2.35. The van der Waals surface area contributed by atoms with Gasteiger partial charge in [-0.15, -0.1) is 0 Å². The van der Waals surface area contributed by atoms with Crippen molar-refractivity contribution in [2.75, 3.05) is 18.6 Å². The second-order valence-electron chi connectivity index (χ2n) is 6.57. The van der Waals surface area contributed by atoms with Gasteiger partial charge in [-0.2, -0.15) is 5.10 Å². The number of benzene rings is 1. The average molecular weight is 341 g/mol. The zero-order chi connectivity index (χ0) is 17.2. The fourth-order valence-electron chi connectivity index (χ4n) is 3.69. The Kier molecular flexibility index (Phi) is 4.50. The third-order valence-electron chi connectivity index (χ3n) is 4.87. The first-order chi connectivity index (χ1) is 12.3. The Morgan fingerprint density at radius 1 is 1.20 bits per heavy atom. The molecule has 7 heteroatoms. The maximum absolute atomic E-state index is 12.8. The molecule has 1 aromatic carbocycles. The lowest BCUT2D eigenvalue weighted by atomic mass is 10.1. The van der Waals surface area contributed by atoms with Crippen LogP contribution >= 0.6 is 0 Å². The van der Waals surface area contributed by atoms with Gasteiger partial charge in [-0.25, -0.2) is 9.67 Å². The Morgan fingerprint density at radius 2 is 2.04 bits per heavy atom. The van der Waals surface area contributed by atoms with Gasteiger partial charge in [-0.3, -0.25) is 10.1 Å². The van der Waals surface area contributed by atoms with Crippen LogP contribution < -0.4 is 10.2 Å². The Bertz CT molecular complexity index is 745. The molecule has 0 spiro atoms. The number of rotatable bonds is 5. The Morgan fingerprint density at radius 3 is 2.84 bits per heavy atom. The standard InChI is InChI=1S/C18H23N5O2/c1-25-12-16-20-17-14(8-5-10-23(17)21-16)19-15-9-11-22(18(15)24)13-6-3-2-4-7-13/h2-4,6-7,14-15,19H,5,8-12H2,1H3/t14-,15+/m1/s1. The summed E-state index contributed by atoms with van der Waals surface area (Å²) in [4.78, 5) is 19.3. The number of nitrogens with zero attached hydrogens (tertiary/aromatic N) is 4. The lowest BCUT2D eigenvalue weighted by molar-refractivity contribution is -0.119. The molecule has 7 nitrogen and oxygen atoms in total. The number of ether oxygens (including phenoxy) is 1. The molecular formula is C18H23N5O2. The summed E-state index contributed by atoms with van der Waals surface area (Å²) in [6.45, 7) is 2.03. The number of anilines is 1. The molecule has 0 unspecified atom stereocenters. The molecule has 2 atom stereocenters. The molecule has 4 rings (SSSR count). The number of carbonyl (C=O) groups is 1. The number of carbonyl (C=O) groups excluding carboxylic acids is 1. The molecular weight excluding hydrogens is 318 g/mol. The van der Waals surface area contributed by atoms with Crippen molar-refractivity contribution in [3.63, 3.8) is 0 Å². The summed E-state index contributed by atoms with van der Waals surface area (Å²) < 4.78 is 7.08. The first-order valence-electron chi connectivity index (χ1n) is 8.81. The minimum Gasteiger partial charge on any atom is -0.377 e. The Labute approximate surface area is 147 Å². The fourth-order valence-corrected chi connectivity index (χ4v) is 3.69. The monoisotopic (exact) mass is 341 g/mol. The first kappa shape index (κ1) is 16.2. The largest absolute Gasteiger partial charge is 0.377 e. The molecule has 25 heavy (non-hydrogen) atoms. The zero-order valence-electron chi connectivity index (χ0n) is 14.4. The van der Waals surface area contributed by atoms with E-state index >= 15 is 0 Å². The van der Waals surface area contributed by atoms with Crippen molar-refractivity contribution < 1.29 is 9.53 Å². The summed E-state index contributed by atoms with van der Waals surface area (Å²) >= 11 is 0. The minimum atomic E-state index is -0.167. The molecule has 2 aliphatic heterocycles. The van der Waals surface area contributed by atoms with Crippen molar-refractivity contribution in [3.8, 4) is 0 Å². The topological polar surface area (TPSA) is 72.3 Å². The molecule has 1 fully saturated rings. The molecule has 1 saturated heterocycles. The number of hydrogen-bond acceptors (Lipinski definition) is 5. The van der Waals surface area contributed by atoms with Crippen LogP contribution in [-0.4, -0.2) is 40.4 Å². The van der Waals surface area contributed by atoms with Crippen LogP contribution in [0.5, 0.6) is 0 Å². The maximum Gasteiger partial charge on any atom is 0.244 e. The summed E-state index contributed by atoms with van der Waals surface area (Å²) in [5.41, 5.74) is 0.964. The normalized spacial score (nSPS) is 23.1. The van der Waals surface area contributed by atoms with Crippen LogP contribution in [0.2, 0.25) is 0 Å². The Hall–Kier alpha value is -2.25. The molecule has 3 heterocycles. The molecule has 1 aromatic heterocycles. The molecule has 1 amide bonds. The van der Waals surface area contributed by atoms with Crippen molar-refractivity contribution in [3.05, 3.63) is 42.0 Å². The lowest BCUT2D eigenvalue weighted by Crippen LogP contribution is -2.42. The fraction of sp³-hybridized carbons (Fsp3) is 0.500. The highest BCUT2D eigenvalue weighted by atomic mass is 16.5. The van der Waals surface area contributed by atoms with E-state index in [1.165, 1.54) is 0 Å². The van der Waals surface area contributed by atoms with Gasteiger partial charge < -0.3 is 9.64 Å². The van der Waals surface area contributed by atoms with Crippen LogP contribution in [0.4, 0.5) is 5.69 Å². The SMILES string of the molecule is COCc1nc2n(n1)CCC[C@H]2N[C@H]1CCN(c2ccccc2)C1=O. The molecule has 2 aromatic rings. The van der Waals surface area contributed by atoms with E-state index in [1.54, 1.807) is 7.11 Å². The molecule has 2 aliphatic rings. The van der Waals surface area contributed by atoms with Gasteiger partial charge in [0.1, 0.15) is 12.4 Å². The summed E-state index contributed by atoms with van der Waals surface area (Å²) in [5, 5.41) is 8.02. The van der Waals surface area contributed by atoms with Gasteiger partial charge in [0.25, 0.3) is 0 Å². The number of amides is 1. The van der Waals surface area contributed by atoms with Crippen LogP contribution in [0.1, 0.15) is 37.0 Å². The van der Waals surface area contributed by atoms with Crippen molar-refractivity contribution >= 4 is 11.6 Å². The summed E-state index contributed by atoms with van der Waals surface area (Å²) in [7, 11) is 1.64. The van der Waals surface area contributed by atoms with E-state index in [9.17, 15) is 4.79 Å². The van der Waals surface area contributed by atoms with Gasteiger partial charge in [-0.1, -0.05) is 18.2 Å². The predicted molar refractivity (Wildman–Crippen MR) is 93.0 cm³/mol. The summed E-state index contributed by atoms with van der Waals surface area (Å²) in [6.07, 6.45) is 2.81. The van der Waals surface area contributed by atoms with Gasteiger partial charge in [0.05, 0.1) is 12.1 Å². The first-order valence-corrected chi connectivity index (χ1v) is 8.81. The van der Waals surface area contributed by atoms with Crippen molar-refractivity contribution in [1.29, 1.82) is 0 Å². The number of para-hydroxylation sites is 1. The van der Waals surface area contributed by atoms with E-state index in [4.69, 9.17) is 4.74 Å². The van der Waals surface area contributed by atoms with Gasteiger partial charge in [0.2, 0.25) is 5.91 Å². The highest BCUT2D eigenvalue weighted by molar-refractivity contribution is 5.99. The molecule has 0 radical (unpaired) electrons. The summed E-state index contributed by atoms with van der Waals surface area (Å²) in [6, 6.07) is 9.75. The predicted octanol–water partition coefficient (Wildman–Crippen LogP) is 1.65. The molecule has 0 aliphatic carbocycles. The van der Waals surface area contributed by atoms with E-state index < -0.39 is 0 Å². The third kappa shape index (κ3) is 3.17. The molecule has 0 saturated carbocycles. The van der Waals surface area contributed by atoms with Gasteiger partial charge >= 0.3 is 0 Å². The van der Waals surface area contributed by atoms with Crippen molar-refractivity contribution in [2.24, 2.45) is 0 Å². The van der Waals surface area contributed by atoms with Crippen LogP contribution in [0.25, 0.3) is 0 Å². The quantitative estimate of drug-likeness (QED) is 0.895. The third-order valence-corrected chi connectivity index (χ3v) is 4.87. The van der Waals surface area contributed by atoms with Crippen molar-refractivity contribution in [2.45, 2.75) is 44.5 Å². The lowest BCUT2D eigenvalue weighted by Gasteiger charge is -2.26. The Balaban J connectivity index is 1.48. The number of aromatic nitrogens is 3. The highest BCUT2D eigenvalue weighted by Crippen LogP contribution is 2.27. The second kappa shape index (κ2) is 6.93. The molecule has 0 bridgehead atoms. The van der Waals surface area contributed by atoms with Gasteiger partial charge in [-0.05, 0) is 31.4 Å². The second-order valence-corrected chi connectivity index (χ2v) is 6.57. The van der Waals surface area contributed by atoms with Gasteiger partial charge in [0.15, 0.2) is 5.82 Å². The van der Waals surface area contributed by atoms with Crippen LogP contribution in [0, 0.1) is 0 Å². The van der Waals surface area contributed by atoms with E-state index in [0.717, 1.165) is 43.9 Å². The summed E-state index contributed by atoms with van der Waals surface area (Å²) in [5.74, 6) is 1.76. The van der Waals surface area contributed by atoms with Gasteiger partial charge in [0, 0.05) is 25.9 Å². The molecule has 1 N–H and O–H groups in total. The number of hydrogen-bond donors (Lipinski definition) is 1. The van der Waals surface area contributed by atoms with E-state index in [1.807, 2.05) is 39.9 Å². The smallest absolute Gasteiger partial charge is 0.244 e. The van der Waals surface area contributed by atoms with E-state index in [2.05, 4.69) is 15.4 Å². The zero-order valence-corrected chi connectivity index (χ0v) is 14.4. The number of methoxy groups -OCH3 is 1. The van der Waals surface area contributed by atoms with E-state index in [-0.39, 0.29) is 18.0 Å². The minimum absolute atomic E-state index is 0.0662. The maximum atomic E-state index is 12.8. The van der Waals surface area contributed by atoms with Crippen LogP contribution in [-0.2, 0) is 22.7 Å². The number of nitrogens with one attached hydrogen (secondary N) is 1. The molecule has 132 valence electrons. The van der Waals surface area contributed by atoms with Crippen molar-refractivity contribution in [1.82, 2.24) is 20.1 Å².